The molecule has 9 heteroatoms. The second-order valence-electron chi connectivity index (χ2n) is 5.45. The van der Waals surface area contributed by atoms with Gasteiger partial charge in [0, 0.05) is 18.2 Å². The van der Waals surface area contributed by atoms with Gasteiger partial charge in [0.2, 0.25) is 0 Å². The molecular formula is C17H18N2O6S. The summed E-state index contributed by atoms with van der Waals surface area (Å²) in [7, 11) is 1.58. The van der Waals surface area contributed by atoms with Gasteiger partial charge in [-0.2, -0.15) is 0 Å². The molecule has 8 nitrogen and oxygen atoms in total. The molecular weight excluding hydrogens is 360 g/mol. The predicted octanol–water partition coefficient (Wildman–Crippen LogP) is 1.79. The van der Waals surface area contributed by atoms with Crippen LogP contribution in [0.3, 0.4) is 0 Å². The van der Waals surface area contributed by atoms with Crippen LogP contribution in [0.5, 0.6) is 5.75 Å². The molecule has 0 aliphatic carbocycles. The van der Waals surface area contributed by atoms with Gasteiger partial charge >= 0.3 is 11.9 Å². The van der Waals surface area contributed by atoms with E-state index in [2.05, 4.69) is 10.3 Å². The van der Waals surface area contributed by atoms with Gasteiger partial charge in [-0.15, -0.1) is 11.3 Å². The fourth-order valence-electron chi connectivity index (χ4n) is 2.17. The molecule has 0 spiro atoms. The van der Waals surface area contributed by atoms with Crippen LogP contribution >= 0.6 is 11.3 Å². The number of hydrogen-bond donors (Lipinski definition) is 3. The summed E-state index contributed by atoms with van der Waals surface area (Å²) >= 11 is 1.29. The second kappa shape index (κ2) is 8.95. The van der Waals surface area contributed by atoms with Crippen LogP contribution in [-0.2, 0) is 16.0 Å². The fourth-order valence-corrected chi connectivity index (χ4v) is 2.98. The number of carboxylic acids is 2. The molecule has 0 aliphatic rings. The lowest BCUT2D eigenvalue weighted by Gasteiger charge is -2.12. The Morgan fingerprint density at radius 1 is 1.23 bits per heavy atom. The summed E-state index contributed by atoms with van der Waals surface area (Å²) in [6.45, 7) is 0. The van der Waals surface area contributed by atoms with E-state index in [4.69, 9.17) is 14.9 Å². The van der Waals surface area contributed by atoms with Crippen molar-refractivity contribution in [2.45, 2.75) is 25.3 Å². The van der Waals surface area contributed by atoms with Crippen molar-refractivity contribution in [1.82, 2.24) is 10.3 Å². The summed E-state index contributed by atoms with van der Waals surface area (Å²) in [5.41, 5.74) is 1.11. The Balaban J connectivity index is 1.99. The van der Waals surface area contributed by atoms with Gasteiger partial charge in [0.1, 0.15) is 17.5 Å². The molecule has 0 radical (unpaired) electrons. The summed E-state index contributed by atoms with van der Waals surface area (Å²) in [5, 5.41) is 22.3. The van der Waals surface area contributed by atoms with Crippen LogP contribution in [-0.4, -0.2) is 46.2 Å². The minimum atomic E-state index is -1.28. The van der Waals surface area contributed by atoms with E-state index in [0.29, 0.717) is 11.4 Å². The summed E-state index contributed by atoms with van der Waals surface area (Å²) in [5.74, 6) is -2.30. The van der Waals surface area contributed by atoms with Crippen molar-refractivity contribution in [2.75, 3.05) is 7.11 Å². The minimum Gasteiger partial charge on any atom is -0.497 e. The van der Waals surface area contributed by atoms with Crippen LogP contribution in [0.2, 0.25) is 0 Å². The largest absolute Gasteiger partial charge is 0.497 e. The van der Waals surface area contributed by atoms with E-state index in [0.717, 1.165) is 11.3 Å². The zero-order valence-corrected chi connectivity index (χ0v) is 14.8. The molecule has 138 valence electrons. The van der Waals surface area contributed by atoms with Gasteiger partial charge in [-0.05, 0) is 24.1 Å². The zero-order chi connectivity index (χ0) is 19.1. The summed E-state index contributed by atoms with van der Waals surface area (Å²) < 4.78 is 5.10. The highest BCUT2D eigenvalue weighted by molar-refractivity contribution is 7.09. The number of nitrogens with zero attached hydrogens (tertiary/aromatic N) is 1. The average Bonchev–Trinajstić information content (AvgIpc) is 3.07. The first kappa shape index (κ1) is 19.4. The number of methoxy groups -OCH3 is 1. The number of amides is 1. The molecule has 1 atom stereocenters. The van der Waals surface area contributed by atoms with Gasteiger partial charge in [-0.3, -0.25) is 9.59 Å². The molecule has 0 aliphatic heterocycles. The molecule has 0 fully saturated rings. The van der Waals surface area contributed by atoms with E-state index in [1.54, 1.807) is 12.5 Å². The highest BCUT2D eigenvalue weighted by atomic mass is 32.1. The zero-order valence-electron chi connectivity index (χ0n) is 14.0. The first-order valence-corrected chi connectivity index (χ1v) is 8.59. The van der Waals surface area contributed by atoms with Crippen molar-refractivity contribution in [2.24, 2.45) is 0 Å². The van der Waals surface area contributed by atoms with Gasteiger partial charge in [0.05, 0.1) is 12.1 Å². The van der Waals surface area contributed by atoms with E-state index in [1.165, 1.54) is 11.3 Å². The maximum absolute atomic E-state index is 12.2. The standard InChI is InChI=1S/C17H18N2O6S/c1-25-11-4-2-10(3-5-11)8-14-18-13(9-26-14)16(22)19-12(17(23)24)6-7-15(20)21/h2-5,9,12H,6-8H2,1H3,(H,19,22)(H,20,21)(H,23,24). The Morgan fingerprint density at radius 2 is 1.92 bits per heavy atom. The second-order valence-corrected chi connectivity index (χ2v) is 6.39. The molecule has 26 heavy (non-hydrogen) atoms. The molecule has 3 N–H and O–H groups in total. The highest BCUT2D eigenvalue weighted by Gasteiger charge is 2.22. The van der Waals surface area contributed by atoms with Crippen LogP contribution in [0.25, 0.3) is 0 Å². The number of benzene rings is 1. The number of carboxylic acid groups (broad SMARTS) is 2. The molecule has 1 unspecified atom stereocenters. The summed E-state index contributed by atoms with van der Waals surface area (Å²) in [4.78, 5) is 38.1. The van der Waals surface area contributed by atoms with Gasteiger partial charge < -0.3 is 20.3 Å². The van der Waals surface area contributed by atoms with Crippen molar-refractivity contribution in [3.63, 3.8) is 0 Å². The fraction of sp³-hybridized carbons (Fsp3) is 0.294. The van der Waals surface area contributed by atoms with E-state index >= 15 is 0 Å². The van der Waals surface area contributed by atoms with Crippen LogP contribution in [0.15, 0.2) is 29.6 Å². The Bertz CT molecular complexity index is 787. The predicted molar refractivity (Wildman–Crippen MR) is 93.7 cm³/mol. The number of aromatic nitrogens is 1. The Labute approximate surface area is 153 Å². The highest BCUT2D eigenvalue weighted by Crippen LogP contribution is 2.18. The third-order valence-corrected chi connectivity index (χ3v) is 4.40. The van der Waals surface area contributed by atoms with Crippen molar-refractivity contribution in [1.29, 1.82) is 0 Å². The topological polar surface area (TPSA) is 126 Å². The monoisotopic (exact) mass is 378 g/mol. The number of nitrogens with one attached hydrogen (secondary N) is 1. The molecule has 1 heterocycles. The lowest BCUT2D eigenvalue weighted by molar-refractivity contribution is -0.140. The number of aliphatic carboxylic acids is 2. The number of thiazole rings is 1. The van der Waals surface area contributed by atoms with Crippen LogP contribution < -0.4 is 10.1 Å². The number of carbonyl (C=O) groups excluding carboxylic acids is 1. The van der Waals surface area contributed by atoms with E-state index < -0.39 is 23.9 Å². The SMILES string of the molecule is COc1ccc(Cc2nc(C(=O)NC(CCC(=O)O)C(=O)O)cs2)cc1. The van der Waals surface area contributed by atoms with E-state index in [9.17, 15) is 14.4 Å². The molecule has 0 bridgehead atoms. The van der Waals surface area contributed by atoms with Gasteiger partial charge in [-0.1, -0.05) is 12.1 Å². The summed E-state index contributed by atoms with van der Waals surface area (Å²) in [6.07, 6.45) is -0.0143. The number of rotatable bonds is 9. The first-order chi connectivity index (χ1) is 12.4. The Kier molecular flexibility index (Phi) is 6.67. The van der Waals surface area contributed by atoms with Gasteiger partial charge in [0.15, 0.2) is 0 Å². The van der Waals surface area contributed by atoms with Crippen molar-refractivity contribution < 1.29 is 29.3 Å². The van der Waals surface area contributed by atoms with Gasteiger partial charge in [0.25, 0.3) is 5.91 Å². The third-order valence-electron chi connectivity index (χ3n) is 3.55. The van der Waals surface area contributed by atoms with Crippen molar-refractivity contribution >= 4 is 29.2 Å². The number of carbonyl (C=O) groups is 3. The van der Waals surface area contributed by atoms with Crippen LogP contribution in [0, 0.1) is 0 Å². The molecule has 1 amide bonds. The molecule has 2 rings (SSSR count). The molecule has 0 saturated carbocycles. The smallest absolute Gasteiger partial charge is 0.326 e. The van der Waals surface area contributed by atoms with Crippen molar-refractivity contribution in [3.8, 4) is 5.75 Å². The maximum Gasteiger partial charge on any atom is 0.326 e. The molecule has 0 saturated heterocycles. The Morgan fingerprint density at radius 3 is 2.50 bits per heavy atom. The number of ether oxygens (including phenoxy) is 1. The average molecular weight is 378 g/mol. The summed E-state index contributed by atoms with van der Waals surface area (Å²) in [6, 6.07) is 6.18. The van der Waals surface area contributed by atoms with Crippen molar-refractivity contribution in [3.05, 3.63) is 45.9 Å². The molecule has 1 aromatic carbocycles. The third kappa shape index (κ3) is 5.55. The van der Waals surface area contributed by atoms with E-state index in [1.807, 2.05) is 24.3 Å². The maximum atomic E-state index is 12.2. The lowest BCUT2D eigenvalue weighted by Crippen LogP contribution is -2.41. The molecule has 1 aromatic heterocycles. The van der Waals surface area contributed by atoms with Gasteiger partial charge in [-0.25, -0.2) is 9.78 Å². The normalized spacial score (nSPS) is 11.6. The van der Waals surface area contributed by atoms with Crippen LogP contribution in [0.1, 0.15) is 33.9 Å². The Hall–Kier alpha value is -2.94. The number of hydrogen-bond acceptors (Lipinski definition) is 6. The van der Waals surface area contributed by atoms with Crippen LogP contribution in [0.4, 0.5) is 0 Å². The lowest BCUT2D eigenvalue weighted by atomic mass is 10.1. The molecule has 2 aromatic rings. The quantitative estimate of drug-likeness (QED) is 0.607. The minimum absolute atomic E-state index is 0.111. The van der Waals surface area contributed by atoms with E-state index in [-0.39, 0.29) is 18.5 Å². The first-order valence-electron chi connectivity index (χ1n) is 7.72.